The Morgan fingerprint density at radius 1 is 1.15 bits per heavy atom. The van der Waals surface area contributed by atoms with Gasteiger partial charge in [0.15, 0.2) is 0 Å². The van der Waals surface area contributed by atoms with Gasteiger partial charge >= 0.3 is 0 Å². The van der Waals surface area contributed by atoms with Crippen LogP contribution >= 0.6 is 11.6 Å². The van der Waals surface area contributed by atoms with Crippen molar-refractivity contribution in [3.8, 4) is 5.75 Å². The van der Waals surface area contributed by atoms with Crippen molar-refractivity contribution < 1.29 is 22.7 Å². The minimum Gasteiger partial charge on any atom is -0.497 e. The van der Waals surface area contributed by atoms with Gasteiger partial charge in [-0.2, -0.15) is 0 Å². The second-order valence-electron chi connectivity index (χ2n) is 5.69. The number of anilines is 2. The summed E-state index contributed by atoms with van der Waals surface area (Å²) in [5.74, 6) is 0.160. The number of halogens is 1. The van der Waals surface area contributed by atoms with E-state index in [0.717, 1.165) is 4.31 Å². The lowest BCUT2D eigenvalue weighted by molar-refractivity contribution is -0.114. The molecule has 144 valence electrons. The Bertz CT molecular complexity index is 944. The third-order valence-electron chi connectivity index (χ3n) is 3.72. The quantitative estimate of drug-likeness (QED) is 0.708. The fraction of sp³-hybridized carbons (Fsp3) is 0.222. The van der Waals surface area contributed by atoms with Crippen LogP contribution < -0.4 is 14.4 Å². The molecule has 1 atom stereocenters. The van der Waals surface area contributed by atoms with Gasteiger partial charge in [-0.25, -0.2) is 8.42 Å². The molecule has 1 unspecified atom stereocenters. The van der Waals surface area contributed by atoms with E-state index in [1.165, 1.54) is 51.3 Å². The predicted octanol–water partition coefficient (Wildman–Crippen LogP) is 3.00. The van der Waals surface area contributed by atoms with Gasteiger partial charge in [-0.1, -0.05) is 6.07 Å². The summed E-state index contributed by atoms with van der Waals surface area (Å²) in [5.41, 5.74) is 0.692. The molecule has 2 aromatic carbocycles. The lowest BCUT2D eigenvalue weighted by Gasteiger charge is -2.28. The Morgan fingerprint density at radius 2 is 1.78 bits per heavy atom. The number of hydrogen-bond acceptors (Lipinski definition) is 5. The van der Waals surface area contributed by atoms with Crippen LogP contribution in [0.5, 0.6) is 5.75 Å². The van der Waals surface area contributed by atoms with Crippen molar-refractivity contribution in [2.24, 2.45) is 0 Å². The normalized spacial score (nSPS) is 12.1. The average molecular weight is 411 g/mol. The zero-order valence-corrected chi connectivity index (χ0v) is 16.5. The number of methoxy groups -OCH3 is 1. The molecule has 0 aliphatic heterocycles. The molecule has 2 aromatic rings. The van der Waals surface area contributed by atoms with Crippen molar-refractivity contribution in [1.82, 2.24) is 0 Å². The van der Waals surface area contributed by atoms with Gasteiger partial charge in [-0.15, -0.1) is 0 Å². The summed E-state index contributed by atoms with van der Waals surface area (Å²) in [5, 5.41) is 1.74. The molecule has 0 saturated heterocycles. The molecule has 1 amide bonds. The maximum Gasteiger partial charge on any atom is 0.265 e. The van der Waals surface area contributed by atoms with Crippen LogP contribution in [0.3, 0.4) is 0 Å². The highest BCUT2D eigenvalue weighted by molar-refractivity contribution is 7.93. The molecular weight excluding hydrogens is 392 g/mol. The summed E-state index contributed by atoms with van der Waals surface area (Å²) in [7, 11) is -2.66. The number of nitrogens with zero attached hydrogens (tertiary/aromatic N) is 1. The van der Waals surface area contributed by atoms with Crippen LogP contribution in [0, 0.1) is 0 Å². The minimum atomic E-state index is -4.11. The molecule has 0 bridgehead atoms. The topological polar surface area (TPSA) is 92.8 Å². The zero-order chi connectivity index (χ0) is 20.2. The molecule has 7 nitrogen and oxygen atoms in total. The van der Waals surface area contributed by atoms with Crippen molar-refractivity contribution in [2.75, 3.05) is 16.7 Å². The molecule has 0 radical (unpaired) electrons. The number of hydrogen-bond donors (Lipinski definition) is 1. The second kappa shape index (κ2) is 8.41. The molecule has 0 spiro atoms. The Morgan fingerprint density at radius 3 is 2.30 bits per heavy atom. The van der Waals surface area contributed by atoms with Gasteiger partial charge in [0.1, 0.15) is 11.8 Å². The molecule has 0 aliphatic carbocycles. The van der Waals surface area contributed by atoms with Gasteiger partial charge in [-0.3, -0.25) is 13.9 Å². The summed E-state index contributed by atoms with van der Waals surface area (Å²) in [6.07, 6.45) is 0. The highest BCUT2D eigenvalue weighted by Gasteiger charge is 2.33. The number of amides is 1. The van der Waals surface area contributed by atoms with E-state index in [-0.39, 0.29) is 16.5 Å². The van der Waals surface area contributed by atoms with E-state index in [1.807, 2.05) is 0 Å². The van der Waals surface area contributed by atoms with Gasteiger partial charge in [0.25, 0.3) is 10.0 Å². The summed E-state index contributed by atoms with van der Waals surface area (Å²) >= 11 is 5.60. The molecule has 2 rings (SSSR count). The van der Waals surface area contributed by atoms with E-state index in [4.69, 9.17) is 16.3 Å². The van der Waals surface area contributed by atoms with Crippen molar-refractivity contribution in [2.45, 2.75) is 24.8 Å². The first-order chi connectivity index (χ1) is 12.7. The first-order valence-electron chi connectivity index (χ1n) is 7.92. The first-order valence-corrected chi connectivity index (χ1v) is 9.74. The molecule has 0 aromatic heterocycles. The Kier molecular flexibility index (Phi) is 6.45. The molecular formula is C18H19ClN2O5S. The largest absolute Gasteiger partial charge is 0.497 e. The van der Waals surface area contributed by atoms with Crippen LogP contribution in [0.15, 0.2) is 53.4 Å². The minimum absolute atomic E-state index is 0.0517. The maximum absolute atomic E-state index is 13.2. The van der Waals surface area contributed by atoms with Crippen LogP contribution in [0.25, 0.3) is 0 Å². The zero-order valence-electron chi connectivity index (χ0n) is 15.0. The van der Waals surface area contributed by atoms with E-state index in [2.05, 4.69) is 5.32 Å². The number of ether oxygens (including phenoxy) is 1. The number of nitrogens with one attached hydrogen (secondary N) is 1. The standard InChI is InChI=1S/C18H19ClN2O5S/c1-12(18(19)23)21(15-5-4-6-16(11-15)26-3)27(24,25)17-9-7-14(8-10-17)20-13(2)22/h4-12H,1-3H3,(H,20,22). The van der Waals surface area contributed by atoms with Gasteiger partial charge in [0.2, 0.25) is 11.1 Å². The van der Waals surface area contributed by atoms with Crippen LogP contribution in [0.4, 0.5) is 11.4 Å². The molecule has 0 fully saturated rings. The summed E-state index contributed by atoms with van der Waals surface area (Å²) in [6.45, 7) is 2.75. The van der Waals surface area contributed by atoms with E-state index in [9.17, 15) is 18.0 Å². The van der Waals surface area contributed by atoms with Crippen molar-refractivity contribution >= 4 is 44.1 Å². The van der Waals surface area contributed by atoms with Crippen molar-refractivity contribution in [1.29, 1.82) is 0 Å². The molecule has 1 N–H and O–H groups in total. The van der Waals surface area contributed by atoms with E-state index < -0.39 is 21.3 Å². The van der Waals surface area contributed by atoms with Gasteiger partial charge in [-0.05, 0) is 54.9 Å². The number of carbonyl (C=O) groups excluding carboxylic acids is 2. The van der Waals surface area contributed by atoms with E-state index in [1.54, 1.807) is 18.2 Å². The fourth-order valence-corrected chi connectivity index (χ4v) is 4.20. The fourth-order valence-electron chi connectivity index (χ4n) is 2.44. The Hall–Kier alpha value is -2.58. The average Bonchev–Trinajstić information content (AvgIpc) is 2.61. The summed E-state index contributed by atoms with van der Waals surface area (Å²) in [6, 6.07) is 10.8. The van der Waals surface area contributed by atoms with Crippen molar-refractivity contribution in [3.05, 3.63) is 48.5 Å². The second-order valence-corrected chi connectivity index (χ2v) is 7.88. The number of benzene rings is 2. The number of sulfonamides is 1. The van der Waals surface area contributed by atoms with Gasteiger partial charge in [0, 0.05) is 18.7 Å². The van der Waals surface area contributed by atoms with Crippen molar-refractivity contribution in [3.63, 3.8) is 0 Å². The van der Waals surface area contributed by atoms with Crippen LogP contribution in [-0.2, 0) is 19.6 Å². The highest BCUT2D eigenvalue weighted by Crippen LogP contribution is 2.30. The predicted molar refractivity (Wildman–Crippen MR) is 104 cm³/mol. The lowest BCUT2D eigenvalue weighted by atomic mass is 10.2. The third kappa shape index (κ3) is 4.78. The Labute approximate surface area is 162 Å². The van der Waals surface area contributed by atoms with E-state index >= 15 is 0 Å². The molecule has 0 heterocycles. The summed E-state index contributed by atoms with van der Waals surface area (Å²) in [4.78, 5) is 22.8. The van der Waals surface area contributed by atoms with E-state index in [0.29, 0.717) is 11.4 Å². The SMILES string of the molecule is COc1cccc(N(C(C)C(=O)Cl)S(=O)(=O)c2ccc(NC(C)=O)cc2)c1. The Balaban J connectivity index is 2.53. The van der Waals surface area contributed by atoms with Crippen LogP contribution in [0.1, 0.15) is 13.8 Å². The lowest BCUT2D eigenvalue weighted by Crippen LogP contribution is -2.42. The monoisotopic (exact) mass is 410 g/mol. The number of carbonyl (C=O) groups is 2. The van der Waals surface area contributed by atoms with Crippen LogP contribution in [-0.4, -0.2) is 32.7 Å². The van der Waals surface area contributed by atoms with Gasteiger partial charge < -0.3 is 10.1 Å². The van der Waals surface area contributed by atoms with Gasteiger partial charge in [0.05, 0.1) is 17.7 Å². The number of rotatable bonds is 7. The molecule has 9 heteroatoms. The molecule has 0 saturated carbocycles. The smallest absolute Gasteiger partial charge is 0.265 e. The van der Waals surface area contributed by atoms with Crippen LogP contribution in [0.2, 0.25) is 0 Å². The molecule has 0 aliphatic rings. The third-order valence-corrected chi connectivity index (χ3v) is 5.95. The maximum atomic E-state index is 13.2. The molecule has 27 heavy (non-hydrogen) atoms. The summed E-state index contributed by atoms with van der Waals surface area (Å²) < 4.78 is 32.5. The highest BCUT2D eigenvalue weighted by atomic mass is 35.5. The first kappa shape index (κ1) is 20.7.